The molecule has 0 aromatic heterocycles. The van der Waals surface area contributed by atoms with Gasteiger partial charge in [0.05, 0.1) is 24.8 Å². The van der Waals surface area contributed by atoms with Gasteiger partial charge in [0.25, 0.3) is 0 Å². The van der Waals surface area contributed by atoms with Crippen LogP contribution in [-0.2, 0) is 9.59 Å². The molecule has 1 aliphatic heterocycles. The fourth-order valence-electron chi connectivity index (χ4n) is 3.11. The zero-order valence-electron chi connectivity index (χ0n) is 15.6. The molecular formula is C21H24N2O4. The molecule has 27 heavy (non-hydrogen) atoms. The first-order valence-corrected chi connectivity index (χ1v) is 9.18. The molecule has 0 bridgehead atoms. The summed E-state index contributed by atoms with van der Waals surface area (Å²) in [7, 11) is 0. The number of benzene rings is 2. The Kier molecular flexibility index (Phi) is 5.96. The lowest BCUT2D eigenvalue weighted by atomic mass is 10.1. The average Bonchev–Trinajstić information content (AvgIpc) is 3.06. The molecule has 1 aliphatic rings. The highest BCUT2D eigenvalue weighted by Crippen LogP contribution is 2.29. The molecule has 2 amide bonds. The first-order chi connectivity index (χ1) is 13.1. The summed E-state index contributed by atoms with van der Waals surface area (Å²) in [5, 5.41) is 2.89. The van der Waals surface area contributed by atoms with Crippen LogP contribution in [0.5, 0.6) is 11.5 Å². The minimum Gasteiger partial charge on any atom is -0.494 e. The van der Waals surface area contributed by atoms with Gasteiger partial charge in [-0.05, 0) is 50.2 Å². The molecule has 142 valence electrons. The Hall–Kier alpha value is -3.02. The summed E-state index contributed by atoms with van der Waals surface area (Å²) in [6.07, 6.45) is 0.190. The fraction of sp³-hybridized carbons (Fsp3) is 0.333. The van der Waals surface area contributed by atoms with E-state index in [2.05, 4.69) is 5.32 Å². The van der Waals surface area contributed by atoms with Crippen LogP contribution in [0.2, 0.25) is 0 Å². The van der Waals surface area contributed by atoms with Crippen molar-refractivity contribution >= 4 is 23.2 Å². The van der Waals surface area contributed by atoms with Gasteiger partial charge in [-0.3, -0.25) is 9.59 Å². The van der Waals surface area contributed by atoms with Gasteiger partial charge in [0.1, 0.15) is 11.5 Å². The van der Waals surface area contributed by atoms with E-state index in [4.69, 9.17) is 9.47 Å². The lowest BCUT2D eigenvalue weighted by Gasteiger charge is -2.17. The van der Waals surface area contributed by atoms with E-state index in [1.54, 1.807) is 11.0 Å². The van der Waals surface area contributed by atoms with Gasteiger partial charge < -0.3 is 19.7 Å². The number of amides is 2. The first kappa shape index (κ1) is 18.8. The predicted octanol–water partition coefficient (Wildman–Crippen LogP) is 3.48. The number of hydrogen-bond acceptors (Lipinski definition) is 4. The van der Waals surface area contributed by atoms with E-state index in [0.717, 1.165) is 11.4 Å². The summed E-state index contributed by atoms with van der Waals surface area (Å²) in [6.45, 7) is 5.27. The Bertz CT molecular complexity index is 804. The second-order valence-electron chi connectivity index (χ2n) is 6.25. The molecule has 1 saturated heterocycles. The van der Waals surface area contributed by atoms with Crippen LogP contribution in [0.1, 0.15) is 20.3 Å². The van der Waals surface area contributed by atoms with E-state index >= 15 is 0 Å². The SMILES string of the molecule is CCOc1ccc(N2C[C@H](C(=O)Nc3ccccc3OCC)CC2=O)cc1. The van der Waals surface area contributed by atoms with Crippen molar-refractivity contribution in [3.05, 3.63) is 48.5 Å². The fourth-order valence-corrected chi connectivity index (χ4v) is 3.11. The van der Waals surface area contributed by atoms with Gasteiger partial charge in [-0.25, -0.2) is 0 Å². The molecule has 1 atom stereocenters. The van der Waals surface area contributed by atoms with Crippen molar-refractivity contribution in [2.45, 2.75) is 20.3 Å². The van der Waals surface area contributed by atoms with Crippen molar-refractivity contribution in [3.63, 3.8) is 0 Å². The Morgan fingerprint density at radius 1 is 1.07 bits per heavy atom. The molecule has 0 spiro atoms. The number of ether oxygens (including phenoxy) is 2. The van der Waals surface area contributed by atoms with Crippen molar-refractivity contribution in [1.82, 2.24) is 0 Å². The number of anilines is 2. The Morgan fingerprint density at radius 3 is 2.48 bits per heavy atom. The third kappa shape index (κ3) is 4.39. The number of carbonyl (C=O) groups is 2. The van der Waals surface area contributed by atoms with Gasteiger partial charge in [-0.2, -0.15) is 0 Å². The van der Waals surface area contributed by atoms with E-state index in [9.17, 15) is 9.59 Å². The van der Waals surface area contributed by atoms with E-state index in [0.29, 0.717) is 31.2 Å². The van der Waals surface area contributed by atoms with E-state index in [1.807, 2.05) is 56.3 Å². The molecule has 1 heterocycles. The summed E-state index contributed by atoms with van der Waals surface area (Å²) >= 11 is 0. The van der Waals surface area contributed by atoms with Gasteiger partial charge in [-0.1, -0.05) is 12.1 Å². The average molecular weight is 368 g/mol. The van der Waals surface area contributed by atoms with Gasteiger partial charge in [0.2, 0.25) is 11.8 Å². The Labute approximate surface area is 159 Å². The number of nitrogens with zero attached hydrogens (tertiary/aromatic N) is 1. The summed E-state index contributed by atoms with van der Waals surface area (Å²) in [5.74, 6) is 0.746. The molecule has 3 rings (SSSR count). The van der Waals surface area contributed by atoms with Crippen LogP contribution in [0.4, 0.5) is 11.4 Å². The first-order valence-electron chi connectivity index (χ1n) is 9.18. The van der Waals surface area contributed by atoms with Crippen LogP contribution in [-0.4, -0.2) is 31.6 Å². The van der Waals surface area contributed by atoms with Crippen molar-refractivity contribution in [1.29, 1.82) is 0 Å². The van der Waals surface area contributed by atoms with Crippen LogP contribution in [0, 0.1) is 5.92 Å². The molecule has 0 unspecified atom stereocenters. The maximum atomic E-state index is 12.7. The molecule has 0 radical (unpaired) electrons. The molecule has 1 fully saturated rings. The van der Waals surface area contributed by atoms with Gasteiger partial charge in [-0.15, -0.1) is 0 Å². The van der Waals surface area contributed by atoms with E-state index < -0.39 is 5.92 Å². The monoisotopic (exact) mass is 368 g/mol. The zero-order valence-corrected chi connectivity index (χ0v) is 15.6. The standard InChI is InChI=1S/C21H24N2O4/c1-3-26-17-11-9-16(10-12-17)23-14-15(13-20(23)24)21(25)22-18-7-5-6-8-19(18)27-4-2/h5-12,15H,3-4,13-14H2,1-2H3,(H,22,25)/t15-/m1/s1. The maximum Gasteiger partial charge on any atom is 0.229 e. The lowest BCUT2D eigenvalue weighted by Crippen LogP contribution is -2.28. The molecule has 0 aliphatic carbocycles. The highest BCUT2D eigenvalue weighted by Gasteiger charge is 2.35. The van der Waals surface area contributed by atoms with Gasteiger partial charge in [0, 0.05) is 18.7 Å². The Balaban J connectivity index is 1.67. The zero-order chi connectivity index (χ0) is 19.2. The number of nitrogens with one attached hydrogen (secondary N) is 1. The molecule has 1 N–H and O–H groups in total. The molecule has 6 nitrogen and oxygen atoms in total. The van der Waals surface area contributed by atoms with Crippen molar-refractivity contribution in [3.8, 4) is 11.5 Å². The summed E-state index contributed by atoms with van der Waals surface area (Å²) < 4.78 is 11.0. The maximum absolute atomic E-state index is 12.7. The second kappa shape index (κ2) is 8.58. The number of hydrogen-bond donors (Lipinski definition) is 1. The van der Waals surface area contributed by atoms with Crippen molar-refractivity contribution in [2.24, 2.45) is 5.92 Å². The summed E-state index contributed by atoms with van der Waals surface area (Å²) in [5.41, 5.74) is 1.39. The van der Waals surface area contributed by atoms with E-state index in [-0.39, 0.29) is 18.2 Å². The minimum atomic E-state index is -0.404. The van der Waals surface area contributed by atoms with Crippen LogP contribution in [0.15, 0.2) is 48.5 Å². The van der Waals surface area contributed by atoms with Gasteiger partial charge in [0.15, 0.2) is 0 Å². The summed E-state index contributed by atoms with van der Waals surface area (Å²) in [4.78, 5) is 26.7. The highest BCUT2D eigenvalue weighted by molar-refractivity contribution is 6.03. The van der Waals surface area contributed by atoms with Crippen LogP contribution < -0.4 is 19.7 Å². The predicted molar refractivity (Wildman–Crippen MR) is 104 cm³/mol. The largest absolute Gasteiger partial charge is 0.494 e. The van der Waals surface area contributed by atoms with Crippen molar-refractivity contribution in [2.75, 3.05) is 30.0 Å². The minimum absolute atomic E-state index is 0.0580. The molecule has 0 saturated carbocycles. The molecule has 6 heteroatoms. The molecular weight excluding hydrogens is 344 g/mol. The van der Waals surface area contributed by atoms with Gasteiger partial charge >= 0.3 is 0 Å². The molecule has 2 aromatic carbocycles. The molecule has 2 aromatic rings. The number of carbonyl (C=O) groups excluding carboxylic acids is 2. The highest BCUT2D eigenvalue weighted by atomic mass is 16.5. The quantitative estimate of drug-likeness (QED) is 0.812. The topological polar surface area (TPSA) is 67.9 Å². The third-order valence-corrected chi connectivity index (χ3v) is 4.40. The third-order valence-electron chi connectivity index (χ3n) is 4.40. The summed E-state index contributed by atoms with van der Waals surface area (Å²) in [6, 6.07) is 14.6. The van der Waals surface area contributed by atoms with Crippen LogP contribution in [0.25, 0.3) is 0 Å². The number of rotatable bonds is 7. The van der Waals surface area contributed by atoms with Crippen molar-refractivity contribution < 1.29 is 19.1 Å². The Morgan fingerprint density at radius 2 is 1.78 bits per heavy atom. The normalized spacial score (nSPS) is 16.3. The van der Waals surface area contributed by atoms with Crippen LogP contribution >= 0.6 is 0 Å². The lowest BCUT2D eigenvalue weighted by molar-refractivity contribution is -0.122. The number of para-hydroxylation sites is 2. The van der Waals surface area contributed by atoms with E-state index in [1.165, 1.54) is 0 Å². The smallest absolute Gasteiger partial charge is 0.229 e. The second-order valence-corrected chi connectivity index (χ2v) is 6.25. The van der Waals surface area contributed by atoms with Crippen LogP contribution in [0.3, 0.4) is 0 Å².